The Hall–Kier alpha value is -1.64. The number of carboxylic acids is 1. The first kappa shape index (κ1) is 12.4. The second kappa shape index (κ2) is 5.45. The van der Waals surface area contributed by atoms with E-state index in [1.165, 1.54) is 12.1 Å². The summed E-state index contributed by atoms with van der Waals surface area (Å²) >= 11 is 0. The third kappa shape index (κ3) is 2.92. The molecule has 0 aliphatic heterocycles. The minimum Gasteiger partial charge on any atom is -0.478 e. The molecule has 0 heterocycles. The molecule has 1 N–H and O–H groups in total. The fourth-order valence-electron chi connectivity index (χ4n) is 1.39. The predicted molar refractivity (Wildman–Crippen MR) is 61.5 cm³/mol. The summed E-state index contributed by atoms with van der Waals surface area (Å²) in [5.74, 6) is -1.47. The van der Waals surface area contributed by atoms with Crippen LogP contribution in [0.25, 0.3) is 6.08 Å². The number of hydrogen-bond donors (Lipinski definition) is 1. The van der Waals surface area contributed by atoms with E-state index in [4.69, 9.17) is 5.11 Å². The number of rotatable bonds is 4. The van der Waals surface area contributed by atoms with Crippen molar-refractivity contribution >= 4 is 12.0 Å². The van der Waals surface area contributed by atoms with E-state index in [1.807, 2.05) is 13.8 Å². The van der Waals surface area contributed by atoms with Crippen LogP contribution in [-0.4, -0.2) is 11.1 Å². The van der Waals surface area contributed by atoms with Crippen molar-refractivity contribution in [3.05, 3.63) is 41.2 Å². The summed E-state index contributed by atoms with van der Waals surface area (Å²) in [7, 11) is 0. The lowest BCUT2D eigenvalue weighted by Gasteiger charge is -2.09. The Bertz CT molecular complexity index is 410. The third-order valence-corrected chi connectivity index (χ3v) is 2.61. The third-order valence-electron chi connectivity index (χ3n) is 2.61. The van der Waals surface area contributed by atoms with E-state index in [2.05, 4.69) is 0 Å². The van der Waals surface area contributed by atoms with E-state index in [9.17, 15) is 9.18 Å². The summed E-state index contributed by atoms with van der Waals surface area (Å²) in [5, 5.41) is 9.04. The highest BCUT2D eigenvalue weighted by Crippen LogP contribution is 2.19. The van der Waals surface area contributed by atoms with E-state index >= 15 is 0 Å². The molecular weight excluding hydrogens is 207 g/mol. The minimum absolute atomic E-state index is 0.0860. The van der Waals surface area contributed by atoms with E-state index in [-0.39, 0.29) is 11.5 Å². The van der Waals surface area contributed by atoms with Crippen LogP contribution >= 0.6 is 0 Å². The van der Waals surface area contributed by atoms with Crippen molar-refractivity contribution in [1.82, 2.24) is 0 Å². The van der Waals surface area contributed by atoms with Crippen LogP contribution in [0, 0.1) is 11.7 Å². The monoisotopic (exact) mass is 222 g/mol. The zero-order chi connectivity index (χ0) is 12.1. The van der Waals surface area contributed by atoms with E-state index in [0.717, 1.165) is 0 Å². The van der Waals surface area contributed by atoms with Crippen LogP contribution in [0.2, 0.25) is 0 Å². The van der Waals surface area contributed by atoms with Crippen molar-refractivity contribution in [2.24, 2.45) is 5.92 Å². The lowest BCUT2D eigenvalue weighted by Crippen LogP contribution is -2.09. The fourth-order valence-corrected chi connectivity index (χ4v) is 1.39. The van der Waals surface area contributed by atoms with Gasteiger partial charge in [0.1, 0.15) is 5.82 Å². The largest absolute Gasteiger partial charge is 0.478 e. The molecule has 0 saturated heterocycles. The molecule has 0 radical (unpaired) electrons. The van der Waals surface area contributed by atoms with Crippen LogP contribution in [0.3, 0.4) is 0 Å². The zero-order valence-electron chi connectivity index (χ0n) is 9.40. The molecule has 0 amide bonds. The molecule has 2 nitrogen and oxygen atoms in total. The topological polar surface area (TPSA) is 37.3 Å². The molecule has 1 aromatic carbocycles. The van der Waals surface area contributed by atoms with Crippen LogP contribution in [0.1, 0.15) is 25.8 Å². The van der Waals surface area contributed by atoms with Gasteiger partial charge in [0.25, 0.3) is 0 Å². The van der Waals surface area contributed by atoms with Crippen molar-refractivity contribution < 1.29 is 14.3 Å². The van der Waals surface area contributed by atoms with Gasteiger partial charge in [-0.15, -0.1) is 0 Å². The van der Waals surface area contributed by atoms with E-state index < -0.39 is 11.8 Å². The van der Waals surface area contributed by atoms with Gasteiger partial charge in [-0.2, -0.15) is 0 Å². The maximum absolute atomic E-state index is 13.3. The maximum Gasteiger partial charge on any atom is 0.331 e. The maximum atomic E-state index is 13.3. The average molecular weight is 222 g/mol. The summed E-state index contributed by atoms with van der Waals surface area (Å²) in [6, 6.07) is 6.16. The molecule has 0 aliphatic rings. The highest BCUT2D eigenvalue weighted by atomic mass is 19.1. The van der Waals surface area contributed by atoms with Crippen molar-refractivity contribution in [2.45, 2.75) is 20.3 Å². The molecular formula is C13H15FO2. The normalized spacial score (nSPS) is 13.6. The van der Waals surface area contributed by atoms with Gasteiger partial charge in [0.2, 0.25) is 0 Å². The Kier molecular flexibility index (Phi) is 4.23. The Morgan fingerprint density at radius 1 is 1.50 bits per heavy atom. The molecule has 1 aromatic rings. The predicted octanol–water partition coefficient (Wildman–Crippen LogP) is 3.34. The fraction of sp³-hybridized carbons (Fsp3) is 0.308. The van der Waals surface area contributed by atoms with Gasteiger partial charge in [-0.05, 0) is 24.5 Å². The number of aliphatic carboxylic acids is 1. The Morgan fingerprint density at radius 2 is 2.12 bits per heavy atom. The van der Waals surface area contributed by atoms with Crippen molar-refractivity contribution in [1.29, 1.82) is 0 Å². The molecule has 0 aliphatic carbocycles. The van der Waals surface area contributed by atoms with Crippen LogP contribution < -0.4 is 0 Å². The van der Waals surface area contributed by atoms with Gasteiger partial charge in [-0.1, -0.05) is 32.0 Å². The average Bonchev–Trinajstić information content (AvgIpc) is 2.26. The second-order valence-corrected chi connectivity index (χ2v) is 3.74. The Balaban J connectivity index is 3.13. The van der Waals surface area contributed by atoms with Crippen LogP contribution in [0.15, 0.2) is 29.8 Å². The quantitative estimate of drug-likeness (QED) is 0.793. The Morgan fingerprint density at radius 3 is 2.62 bits per heavy atom. The number of halogens is 1. The van der Waals surface area contributed by atoms with Gasteiger partial charge in [-0.25, -0.2) is 9.18 Å². The van der Waals surface area contributed by atoms with Crippen molar-refractivity contribution in [3.8, 4) is 0 Å². The van der Waals surface area contributed by atoms with Gasteiger partial charge in [0.05, 0.1) is 0 Å². The van der Waals surface area contributed by atoms with Gasteiger partial charge in [-0.3, -0.25) is 0 Å². The molecule has 0 aromatic heterocycles. The van der Waals surface area contributed by atoms with Crippen molar-refractivity contribution in [3.63, 3.8) is 0 Å². The lowest BCUT2D eigenvalue weighted by molar-refractivity contribution is -0.133. The first-order chi connectivity index (χ1) is 7.56. The summed E-state index contributed by atoms with van der Waals surface area (Å²) in [4.78, 5) is 11.0. The SMILES string of the molecule is CCC(C)C(=Cc1ccccc1F)C(=O)O. The van der Waals surface area contributed by atoms with E-state index in [0.29, 0.717) is 12.0 Å². The molecule has 1 rings (SSSR count). The zero-order valence-corrected chi connectivity index (χ0v) is 9.40. The summed E-state index contributed by atoms with van der Waals surface area (Å²) in [5.41, 5.74) is 0.563. The molecule has 1 atom stereocenters. The van der Waals surface area contributed by atoms with Gasteiger partial charge in [0, 0.05) is 11.1 Å². The molecule has 86 valence electrons. The molecule has 1 unspecified atom stereocenters. The molecule has 0 fully saturated rings. The van der Waals surface area contributed by atoms with Crippen molar-refractivity contribution in [2.75, 3.05) is 0 Å². The van der Waals surface area contributed by atoms with Gasteiger partial charge in [0.15, 0.2) is 0 Å². The number of carbonyl (C=O) groups is 1. The van der Waals surface area contributed by atoms with Crippen LogP contribution in [0.5, 0.6) is 0 Å². The van der Waals surface area contributed by atoms with E-state index in [1.54, 1.807) is 18.2 Å². The molecule has 3 heteroatoms. The first-order valence-electron chi connectivity index (χ1n) is 5.25. The summed E-state index contributed by atoms with van der Waals surface area (Å²) in [6.45, 7) is 3.73. The number of carboxylic acid groups (broad SMARTS) is 1. The highest BCUT2D eigenvalue weighted by molar-refractivity contribution is 5.92. The summed E-state index contributed by atoms with van der Waals surface area (Å²) in [6.07, 6.45) is 2.12. The summed E-state index contributed by atoms with van der Waals surface area (Å²) < 4.78 is 13.3. The van der Waals surface area contributed by atoms with Crippen LogP contribution in [-0.2, 0) is 4.79 Å². The first-order valence-corrected chi connectivity index (χ1v) is 5.25. The van der Waals surface area contributed by atoms with Crippen LogP contribution in [0.4, 0.5) is 4.39 Å². The number of hydrogen-bond acceptors (Lipinski definition) is 1. The number of benzene rings is 1. The van der Waals surface area contributed by atoms with Gasteiger partial charge >= 0.3 is 5.97 Å². The second-order valence-electron chi connectivity index (χ2n) is 3.74. The molecule has 16 heavy (non-hydrogen) atoms. The molecule has 0 spiro atoms. The van der Waals surface area contributed by atoms with Gasteiger partial charge < -0.3 is 5.11 Å². The smallest absolute Gasteiger partial charge is 0.331 e. The molecule has 0 bridgehead atoms. The lowest BCUT2D eigenvalue weighted by atomic mass is 9.96. The molecule has 0 saturated carbocycles. The highest BCUT2D eigenvalue weighted by Gasteiger charge is 2.14. The standard InChI is InChI=1S/C13H15FO2/c1-3-9(2)11(13(15)16)8-10-6-4-5-7-12(10)14/h4-9H,3H2,1-2H3,(H,15,16). The Labute approximate surface area is 94.4 Å². The minimum atomic E-state index is -0.988.